The highest BCUT2D eigenvalue weighted by Gasteiger charge is 2.32. The van der Waals surface area contributed by atoms with Gasteiger partial charge in [0.1, 0.15) is 18.2 Å². The maximum absolute atomic E-state index is 13.1. The molecule has 1 fully saturated rings. The lowest BCUT2D eigenvalue weighted by atomic mass is 9.94. The van der Waals surface area contributed by atoms with Gasteiger partial charge < -0.3 is 14.2 Å². The number of likely N-dealkylation sites (tertiary alicyclic amines) is 1. The van der Waals surface area contributed by atoms with Crippen molar-refractivity contribution in [1.29, 1.82) is 0 Å². The molecule has 2 unspecified atom stereocenters. The molecule has 2 aliphatic rings. The Morgan fingerprint density at radius 2 is 2.24 bits per heavy atom. The van der Waals surface area contributed by atoms with Crippen LogP contribution in [0.4, 0.5) is 0 Å². The molecule has 1 saturated heterocycles. The number of benzene rings is 1. The summed E-state index contributed by atoms with van der Waals surface area (Å²) < 4.78 is 8.08. The van der Waals surface area contributed by atoms with E-state index in [1.807, 2.05) is 29.3 Å². The first kappa shape index (κ1) is 16.2. The molecule has 0 bridgehead atoms. The quantitative estimate of drug-likeness (QED) is 0.864. The fraction of sp³-hybridized carbons (Fsp3) is 0.500. The van der Waals surface area contributed by atoms with E-state index in [-0.39, 0.29) is 11.8 Å². The van der Waals surface area contributed by atoms with Gasteiger partial charge in [0, 0.05) is 31.9 Å². The Morgan fingerprint density at radius 3 is 3.12 bits per heavy atom. The van der Waals surface area contributed by atoms with E-state index >= 15 is 0 Å². The summed E-state index contributed by atoms with van der Waals surface area (Å²) in [6.45, 7) is 4.24. The number of nitrogens with zero attached hydrogens (tertiary/aromatic N) is 3. The van der Waals surface area contributed by atoms with Gasteiger partial charge in [0.05, 0.1) is 12.0 Å². The van der Waals surface area contributed by atoms with E-state index in [0.29, 0.717) is 12.6 Å². The second-order valence-corrected chi connectivity index (χ2v) is 7.00. The molecule has 132 valence electrons. The number of amides is 1. The molecule has 25 heavy (non-hydrogen) atoms. The lowest BCUT2D eigenvalue weighted by molar-refractivity contribution is -0.138. The molecule has 1 aromatic carbocycles. The molecule has 0 N–H and O–H groups in total. The van der Waals surface area contributed by atoms with Gasteiger partial charge in [0.15, 0.2) is 0 Å². The predicted molar refractivity (Wildman–Crippen MR) is 95.6 cm³/mol. The van der Waals surface area contributed by atoms with Crippen LogP contribution in [0.3, 0.4) is 0 Å². The average molecular weight is 339 g/mol. The molecule has 2 aliphatic heterocycles. The number of rotatable bonds is 3. The number of piperidine rings is 1. The fourth-order valence-corrected chi connectivity index (χ4v) is 4.08. The van der Waals surface area contributed by atoms with Crippen molar-refractivity contribution in [1.82, 2.24) is 14.5 Å². The molecule has 0 aliphatic carbocycles. The average Bonchev–Trinajstić information content (AvgIpc) is 3.16. The van der Waals surface area contributed by atoms with E-state index in [9.17, 15) is 4.79 Å². The molecule has 2 atom stereocenters. The lowest BCUT2D eigenvalue weighted by Crippen LogP contribution is -2.46. The Bertz CT molecular complexity index is 755. The zero-order valence-electron chi connectivity index (χ0n) is 14.7. The van der Waals surface area contributed by atoms with Gasteiger partial charge >= 0.3 is 0 Å². The highest BCUT2D eigenvalue weighted by Crippen LogP contribution is 2.30. The minimum absolute atomic E-state index is 0.0675. The third kappa shape index (κ3) is 3.15. The van der Waals surface area contributed by atoms with Crippen LogP contribution in [0.15, 0.2) is 36.7 Å². The van der Waals surface area contributed by atoms with Crippen molar-refractivity contribution < 1.29 is 9.53 Å². The molecule has 1 amide bonds. The Kier molecular flexibility index (Phi) is 4.47. The highest BCUT2D eigenvalue weighted by atomic mass is 16.5. The normalized spacial score (nSPS) is 23.0. The third-order valence-electron chi connectivity index (χ3n) is 5.39. The molecule has 2 aromatic rings. The lowest BCUT2D eigenvalue weighted by Gasteiger charge is -2.37. The summed E-state index contributed by atoms with van der Waals surface area (Å²) in [7, 11) is 0. The molecule has 4 rings (SSSR count). The number of hydrogen-bond donors (Lipinski definition) is 0. The van der Waals surface area contributed by atoms with Crippen molar-refractivity contribution in [3.8, 4) is 5.75 Å². The summed E-state index contributed by atoms with van der Waals surface area (Å²) in [4.78, 5) is 19.5. The molecule has 3 heterocycles. The van der Waals surface area contributed by atoms with Crippen molar-refractivity contribution in [3.05, 3.63) is 48.0 Å². The largest absolute Gasteiger partial charge is 0.492 e. The maximum atomic E-state index is 13.1. The highest BCUT2D eigenvalue weighted by molar-refractivity contribution is 5.80. The molecule has 5 heteroatoms. The van der Waals surface area contributed by atoms with Crippen LogP contribution >= 0.6 is 0 Å². The molecular formula is C20H25N3O2. The van der Waals surface area contributed by atoms with Crippen molar-refractivity contribution in [2.24, 2.45) is 5.92 Å². The van der Waals surface area contributed by atoms with E-state index in [1.54, 1.807) is 0 Å². The standard InChI is InChI=1S/C20H25N3O2/c1-2-19-21-9-11-23(19)17-7-5-10-22(13-17)20(24)16-12-15-6-3-4-8-18(15)25-14-16/h3-4,6,8-9,11,16-17H,2,5,7,10,12-14H2,1H3. The summed E-state index contributed by atoms with van der Waals surface area (Å²) in [5.41, 5.74) is 1.14. The summed E-state index contributed by atoms with van der Waals surface area (Å²) in [6, 6.07) is 8.38. The first-order chi connectivity index (χ1) is 12.3. The van der Waals surface area contributed by atoms with Crippen LogP contribution in [0.2, 0.25) is 0 Å². The van der Waals surface area contributed by atoms with Crippen molar-refractivity contribution >= 4 is 5.91 Å². The Morgan fingerprint density at radius 1 is 1.36 bits per heavy atom. The third-order valence-corrected chi connectivity index (χ3v) is 5.39. The summed E-state index contributed by atoms with van der Waals surface area (Å²) in [5.74, 6) is 2.20. The monoisotopic (exact) mass is 339 g/mol. The van der Waals surface area contributed by atoms with E-state index in [0.717, 1.165) is 55.9 Å². The maximum Gasteiger partial charge on any atom is 0.229 e. The Hall–Kier alpha value is -2.30. The van der Waals surface area contributed by atoms with Crippen LogP contribution < -0.4 is 4.74 Å². The fourth-order valence-electron chi connectivity index (χ4n) is 4.08. The molecule has 0 saturated carbocycles. The van der Waals surface area contributed by atoms with Crippen LogP contribution in [-0.4, -0.2) is 40.1 Å². The van der Waals surface area contributed by atoms with Crippen molar-refractivity contribution in [2.75, 3.05) is 19.7 Å². The summed E-state index contributed by atoms with van der Waals surface area (Å²) >= 11 is 0. The van der Waals surface area contributed by atoms with Crippen LogP contribution in [0.25, 0.3) is 0 Å². The first-order valence-electron chi connectivity index (χ1n) is 9.27. The van der Waals surface area contributed by atoms with Gasteiger partial charge in [-0.15, -0.1) is 0 Å². The van der Waals surface area contributed by atoms with Gasteiger partial charge in [-0.3, -0.25) is 4.79 Å². The van der Waals surface area contributed by atoms with E-state index in [2.05, 4.69) is 28.7 Å². The second kappa shape index (κ2) is 6.90. The smallest absolute Gasteiger partial charge is 0.229 e. The molecule has 1 aromatic heterocycles. The van der Waals surface area contributed by atoms with E-state index < -0.39 is 0 Å². The second-order valence-electron chi connectivity index (χ2n) is 7.00. The van der Waals surface area contributed by atoms with Gasteiger partial charge in [-0.05, 0) is 30.9 Å². The number of aromatic nitrogens is 2. The minimum Gasteiger partial charge on any atom is -0.492 e. The molecule has 0 radical (unpaired) electrons. The first-order valence-corrected chi connectivity index (χ1v) is 9.27. The van der Waals surface area contributed by atoms with Crippen molar-refractivity contribution in [3.63, 3.8) is 0 Å². The number of imidazole rings is 1. The van der Waals surface area contributed by atoms with Gasteiger partial charge in [-0.1, -0.05) is 25.1 Å². The Balaban J connectivity index is 1.46. The van der Waals surface area contributed by atoms with Crippen LogP contribution in [-0.2, 0) is 17.6 Å². The number of carbonyl (C=O) groups excluding carboxylic acids is 1. The zero-order chi connectivity index (χ0) is 17.2. The SMILES string of the molecule is CCc1nccn1C1CCCN(C(=O)C2COc3ccccc3C2)C1. The Labute approximate surface area is 148 Å². The number of ether oxygens (including phenoxy) is 1. The van der Waals surface area contributed by atoms with E-state index in [1.165, 1.54) is 0 Å². The molecule has 0 spiro atoms. The van der Waals surface area contributed by atoms with Crippen LogP contribution in [0.5, 0.6) is 5.75 Å². The van der Waals surface area contributed by atoms with Crippen LogP contribution in [0, 0.1) is 5.92 Å². The van der Waals surface area contributed by atoms with E-state index in [4.69, 9.17) is 4.74 Å². The van der Waals surface area contributed by atoms with Crippen LogP contribution in [0.1, 0.15) is 37.2 Å². The van der Waals surface area contributed by atoms with Gasteiger partial charge in [-0.25, -0.2) is 4.98 Å². The number of fused-ring (bicyclic) bond motifs is 1. The summed E-state index contributed by atoms with van der Waals surface area (Å²) in [6.07, 6.45) is 7.77. The van der Waals surface area contributed by atoms with Gasteiger partial charge in [0.25, 0.3) is 0 Å². The topological polar surface area (TPSA) is 47.4 Å². The zero-order valence-corrected chi connectivity index (χ0v) is 14.7. The number of carbonyl (C=O) groups is 1. The number of para-hydroxylation sites is 1. The van der Waals surface area contributed by atoms with Gasteiger partial charge in [0.2, 0.25) is 5.91 Å². The van der Waals surface area contributed by atoms with Gasteiger partial charge in [-0.2, -0.15) is 0 Å². The number of hydrogen-bond acceptors (Lipinski definition) is 3. The molecule has 5 nitrogen and oxygen atoms in total. The number of aryl methyl sites for hydroxylation is 1. The minimum atomic E-state index is -0.0675. The van der Waals surface area contributed by atoms with Crippen molar-refractivity contribution in [2.45, 2.75) is 38.6 Å². The summed E-state index contributed by atoms with van der Waals surface area (Å²) in [5, 5.41) is 0. The molecular weight excluding hydrogens is 314 g/mol. The predicted octanol–water partition coefficient (Wildman–Crippen LogP) is 2.86.